The maximum absolute atomic E-state index is 10.0. The molecule has 2 unspecified atom stereocenters. The van der Waals surface area contributed by atoms with Gasteiger partial charge in [-0.3, -0.25) is 9.80 Å². The summed E-state index contributed by atoms with van der Waals surface area (Å²) in [7, 11) is 0. The first kappa shape index (κ1) is 13.2. The highest BCUT2D eigenvalue weighted by Gasteiger charge is 2.33. The standard InChI is InChI=1S/C15H21ClN2O/c1-11(14-9-12(16)4-5-15(14)19)18-8-7-17-6-2-3-13(17)10-18/h4-5,9,11,13,19H,2-3,6-8,10H2,1H3. The highest BCUT2D eigenvalue weighted by atomic mass is 35.5. The molecule has 2 atom stereocenters. The van der Waals surface area contributed by atoms with E-state index in [-0.39, 0.29) is 6.04 Å². The van der Waals surface area contributed by atoms with Crippen LogP contribution in [0.25, 0.3) is 0 Å². The van der Waals surface area contributed by atoms with Crippen LogP contribution in [0.4, 0.5) is 0 Å². The number of hydrogen-bond donors (Lipinski definition) is 1. The van der Waals surface area contributed by atoms with Gasteiger partial charge in [-0.15, -0.1) is 0 Å². The molecule has 2 aliphatic heterocycles. The van der Waals surface area contributed by atoms with Crippen molar-refractivity contribution in [1.82, 2.24) is 9.80 Å². The van der Waals surface area contributed by atoms with Crippen molar-refractivity contribution < 1.29 is 5.11 Å². The minimum absolute atomic E-state index is 0.224. The fourth-order valence-corrected chi connectivity index (χ4v) is 3.60. The van der Waals surface area contributed by atoms with Gasteiger partial charge in [0.15, 0.2) is 0 Å². The highest BCUT2D eigenvalue weighted by Crippen LogP contribution is 2.33. The summed E-state index contributed by atoms with van der Waals surface area (Å²) in [5.41, 5.74) is 0.943. The molecule has 0 aromatic heterocycles. The molecule has 0 amide bonds. The quantitative estimate of drug-likeness (QED) is 0.902. The predicted octanol–water partition coefficient (Wildman–Crippen LogP) is 2.89. The summed E-state index contributed by atoms with van der Waals surface area (Å²) in [6.45, 7) is 6.75. The molecule has 0 spiro atoms. The normalized spacial score (nSPS) is 26.3. The van der Waals surface area contributed by atoms with E-state index in [4.69, 9.17) is 11.6 Å². The zero-order valence-corrected chi connectivity index (χ0v) is 12.1. The lowest BCUT2D eigenvalue weighted by atomic mass is 10.0. The Morgan fingerprint density at radius 3 is 3.00 bits per heavy atom. The van der Waals surface area contributed by atoms with E-state index in [2.05, 4.69) is 16.7 Å². The van der Waals surface area contributed by atoms with Crippen LogP contribution in [0.2, 0.25) is 5.02 Å². The van der Waals surface area contributed by atoms with Crippen molar-refractivity contribution in [3.63, 3.8) is 0 Å². The van der Waals surface area contributed by atoms with Gasteiger partial charge in [0.1, 0.15) is 5.75 Å². The second kappa shape index (κ2) is 5.31. The second-order valence-electron chi connectivity index (χ2n) is 5.71. The maximum atomic E-state index is 10.0. The van der Waals surface area contributed by atoms with Crippen LogP contribution in [0, 0.1) is 0 Å². The molecule has 19 heavy (non-hydrogen) atoms. The van der Waals surface area contributed by atoms with Crippen molar-refractivity contribution in [3.05, 3.63) is 28.8 Å². The second-order valence-corrected chi connectivity index (χ2v) is 6.14. The Morgan fingerprint density at radius 2 is 2.16 bits per heavy atom. The van der Waals surface area contributed by atoms with Crippen molar-refractivity contribution in [2.24, 2.45) is 0 Å². The van der Waals surface area contributed by atoms with Gasteiger partial charge in [-0.2, -0.15) is 0 Å². The molecule has 0 aliphatic carbocycles. The van der Waals surface area contributed by atoms with Gasteiger partial charge in [-0.25, -0.2) is 0 Å². The van der Waals surface area contributed by atoms with Crippen molar-refractivity contribution in [2.75, 3.05) is 26.2 Å². The van der Waals surface area contributed by atoms with Crippen LogP contribution in [0.5, 0.6) is 5.75 Å². The summed E-state index contributed by atoms with van der Waals surface area (Å²) in [6, 6.07) is 6.25. The largest absolute Gasteiger partial charge is 0.508 e. The summed E-state index contributed by atoms with van der Waals surface area (Å²) < 4.78 is 0. The number of halogens is 1. The zero-order chi connectivity index (χ0) is 13.4. The topological polar surface area (TPSA) is 26.7 Å². The number of rotatable bonds is 2. The van der Waals surface area contributed by atoms with E-state index in [1.165, 1.54) is 19.4 Å². The third-order valence-corrected chi connectivity index (χ3v) is 4.84. The molecule has 2 saturated heterocycles. The lowest BCUT2D eigenvalue weighted by Gasteiger charge is -2.40. The first-order valence-corrected chi connectivity index (χ1v) is 7.49. The molecule has 0 radical (unpaired) electrons. The fraction of sp³-hybridized carbons (Fsp3) is 0.600. The average molecular weight is 281 g/mol. The van der Waals surface area contributed by atoms with Gasteiger partial charge in [0, 0.05) is 42.3 Å². The third kappa shape index (κ3) is 2.60. The number of aromatic hydroxyl groups is 1. The SMILES string of the molecule is CC(c1cc(Cl)ccc1O)N1CCN2CCCC2C1. The number of phenolic OH excluding ortho intramolecular Hbond substituents is 1. The number of fused-ring (bicyclic) bond motifs is 1. The predicted molar refractivity (Wildman–Crippen MR) is 77.7 cm³/mol. The Kier molecular flexibility index (Phi) is 3.70. The highest BCUT2D eigenvalue weighted by molar-refractivity contribution is 6.30. The van der Waals surface area contributed by atoms with Gasteiger partial charge in [0.25, 0.3) is 0 Å². The molecule has 0 saturated carbocycles. The van der Waals surface area contributed by atoms with Crippen LogP contribution in [0.1, 0.15) is 31.4 Å². The molecule has 1 N–H and O–H groups in total. The Bertz CT molecular complexity index is 465. The van der Waals surface area contributed by atoms with Crippen LogP contribution in [-0.4, -0.2) is 47.1 Å². The van der Waals surface area contributed by atoms with E-state index in [0.717, 1.165) is 25.2 Å². The van der Waals surface area contributed by atoms with Gasteiger partial charge >= 0.3 is 0 Å². The number of hydrogen-bond acceptors (Lipinski definition) is 3. The molecule has 1 aromatic rings. The molecule has 104 valence electrons. The molecule has 1 aromatic carbocycles. The van der Waals surface area contributed by atoms with E-state index in [0.29, 0.717) is 16.8 Å². The van der Waals surface area contributed by atoms with E-state index in [1.807, 2.05) is 6.07 Å². The van der Waals surface area contributed by atoms with Gasteiger partial charge in [-0.05, 0) is 44.5 Å². The minimum Gasteiger partial charge on any atom is -0.508 e. The zero-order valence-electron chi connectivity index (χ0n) is 11.3. The molecule has 0 bridgehead atoms. The van der Waals surface area contributed by atoms with Gasteiger partial charge in [-0.1, -0.05) is 11.6 Å². The van der Waals surface area contributed by atoms with E-state index in [1.54, 1.807) is 12.1 Å². The van der Waals surface area contributed by atoms with Crippen LogP contribution < -0.4 is 0 Å². The third-order valence-electron chi connectivity index (χ3n) is 4.61. The minimum atomic E-state index is 0.224. The van der Waals surface area contributed by atoms with Crippen molar-refractivity contribution in [3.8, 4) is 5.75 Å². The molecule has 4 heteroatoms. The fourth-order valence-electron chi connectivity index (χ4n) is 3.42. The molecule has 2 heterocycles. The molecular weight excluding hydrogens is 260 g/mol. The molecular formula is C15H21ClN2O. The number of phenols is 1. The first-order chi connectivity index (χ1) is 9.15. The van der Waals surface area contributed by atoms with Crippen LogP contribution in [-0.2, 0) is 0 Å². The van der Waals surface area contributed by atoms with Crippen LogP contribution in [0.3, 0.4) is 0 Å². The van der Waals surface area contributed by atoms with Gasteiger partial charge in [0.05, 0.1) is 0 Å². The van der Waals surface area contributed by atoms with E-state index >= 15 is 0 Å². The van der Waals surface area contributed by atoms with E-state index < -0.39 is 0 Å². The van der Waals surface area contributed by atoms with Crippen molar-refractivity contribution in [1.29, 1.82) is 0 Å². The Balaban J connectivity index is 1.76. The Morgan fingerprint density at radius 1 is 1.32 bits per heavy atom. The lowest BCUT2D eigenvalue weighted by molar-refractivity contribution is 0.0762. The molecule has 3 nitrogen and oxygen atoms in total. The smallest absolute Gasteiger partial charge is 0.120 e. The monoisotopic (exact) mass is 280 g/mol. The molecule has 2 aliphatic rings. The maximum Gasteiger partial charge on any atom is 0.120 e. The Hall–Kier alpha value is -0.770. The Labute approximate surface area is 119 Å². The summed E-state index contributed by atoms with van der Waals surface area (Å²) in [4.78, 5) is 5.07. The number of nitrogens with zero attached hydrogens (tertiary/aromatic N) is 2. The van der Waals surface area contributed by atoms with Crippen LogP contribution >= 0.6 is 11.6 Å². The number of benzene rings is 1. The lowest BCUT2D eigenvalue weighted by Crippen LogP contribution is -2.50. The van der Waals surface area contributed by atoms with Crippen LogP contribution in [0.15, 0.2) is 18.2 Å². The first-order valence-electron chi connectivity index (χ1n) is 7.11. The summed E-state index contributed by atoms with van der Waals surface area (Å²) in [5.74, 6) is 0.353. The summed E-state index contributed by atoms with van der Waals surface area (Å²) in [5, 5.41) is 10.7. The van der Waals surface area contributed by atoms with Gasteiger partial charge in [0.2, 0.25) is 0 Å². The average Bonchev–Trinajstić information content (AvgIpc) is 2.88. The van der Waals surface area contributed by atoms with Gasteiger partial charge < -0.3 is 5.11 Å². The molecule has 2 fully saturated rings. The summed E-state index contributed by atoms with van der Waals surface area (Å²) in [6.07, 6.45) is 2.64. The van der Waals surface area contributed by atoms with Crippen molar-refractivity contribution >= 4 is 11.6 Å². The van der Waals surface area contributed by atoms with Crippen molar-refractivity contribution in [2.45, 2.75) is 31.8 Å². The summed E-state index contributed by atoms with van der Waals surface area (Å²) >= 11 is 6.05. The molecule has 3 rings (SSSR count). The van der Waals surface area contributed by atoms with E-state index in [9.17, 15) is 5.11 Å². The number of piperazine rings is 1.